The summed E-state index contributed by atoms with van der Waals surface area (Å²) in [5.74, 6) is -0.761. The number of carboxylic acids is 1. The topological polar surface area (TPSA) is 122 Å². The highest BCUT2D eigenvalue weighted by molar-refractivity contribution is 5.98. The van der Waals surface area contributed by atoms with Crippen LogP contribution in [-0.2, 0) is 21.4 Å². The molecule has 9 nitrogen and oxygen atoms in total. The molecule has 3 aromatic carbocycles. The molecule has 0 spiro atoms. The second-order valence-corrected chi connectivity index (χ2v) is 14.0. The zero-order valence-corrected chi connectivity index (χ0v) is 29.1. The molecule has 2 amide bonds. The van der Waals surface area contributed by atoms with E-state index in [0.29, 0.717) is 31.0 Å². The Kier molecular flexibility index (Phi) is 11.6. The number of hydrogen-bond acceptors (Lipinski definition) is 6. The Balaban J connectivity index is 1.27. The Morgan fingerprint density at radius 3 is 2.39 bits per heavy atom. The highest BCUT2D eigenvalue weighted by Crippen LogP contribution is 2.25. The second-order valence-electron chi connectivity index (χ2n) is 14.0. The van der Waals surface area contributed by atoms with Gasteiger partial charge in [-0.25, -0.2) is 9.97 Å². The van der Waals surface area contributed by atoms with Gasteiger partial charge in [-0.1, -0.05) is 89.8 Å². The molecular weight excluding hydrogens is 616 g/mol. The molecule has 1 aromatic heterocycles. The summed E-state index contributed by atoms with van der Waals surface area (Å²) < 4.78 is 5.95. The monoisotopic (exact) mass is 664 g/mol. The van der Waals surface area contributed by atoms with E-state index in [-0.39, 0.29) is 30.2 Å². The van der Waals surface area contributed by atoms with Gasteiger partial charge in [0.2, 0.25) is 5.91 Å². The molecule has 2 N–H and O–H groups in total. The van der Waals surface area contributed by atoms with Gasteiger partial charge in [-0.15, -0.1) is 0 Å². The first-order valence-electron chi connectivity index (χ1n) is 17.4. The van der Waals surface area contributed by atoms with Crippen molar-refractivity contribution in [3.63, 3.8) is 0 Å². The fourth-order valence-corrected chi connectivity index (χ4v) is 6.11. The third-order valence-electron chi connectivity index (χ3n) is 9.19. The largest absolute Gasteiger partial charge is 0.494 e. The molecule has 0 saturated carbocycles. The zero-order chi connectivity index (χ0) is 35.0. The van der Waals surface area contributed by atoms with Crippen LogP contribution in [0, 0.1) is 5.92 Å². The van der Waals surface area contributed by atoms with Crippen LogP contribution < -0.4 is 10.1 Å². The van der Waals surface area contributed by atoms with Crippen molar-refractivity contribution >= 4 is 28.7 Å². The van der Waals surface area contributed by atoms with Crippen molar-refractivity contribution in [2.75, 3.05) is 19.7 Å². The number of amides is 2. The van der Waals surface area contributed by atoms with E-state index in [1.807, 2.05) is 54.6 Å². The number of aliphatic carboxylic acids is 1. The third-order valence-corrected chi connectivity index (χ3v) is 9.19. The first-order valence-corrected chi connectivity index (χ1v) is 17.4. The van der Waals surface area contributed by atoms with Gasteiger partial charge in [0.15, 0.2) is 5.82 Å². The van der Waals surface area contributed by atoms with Crippen LogP contribution in [0.2, 0.25) is 0 Å². The number of rotatable bonds is 14. The number of carboxylic acid groups (broad SMARTS) is 1. The maximum Gasteiger partial charge on any atom is 0.308 e. The standard InChI is InChI=1S/C40H48N4O5/c1-5-6-7-8-9-22-49-33-18-19-34-31(24-33)25-41-36(42-34)28-12-10-27(11-13-28)23-35(38(46)44-21-20-30(26-44)39(47)48)43-37(45)29-14-16-32(17-15-29)40(2,3)4/h10-19,24-25,30,35H,5-9,20-23,26H2,1-4H3,(H,43,45)(H,47,48)/t30-,35-/m0/s1. The van der Waals surface area contributed by atoms with Gasteiger partial charge in [0.05, 0.1) is 18.0 Å². The van der Waals surface area contributed by atoms with Crippen molar-refractivity contribution in [1.82, 2.24) is 20.2 Å². The maximum atomic E-state index is 13.7. The zero-order valence-electron chi connectivity index (χ0n) is 29.1. The van der Waals surface area contributed by atoms with Crippen molar-refractivity contribution in [1.29, 1.82) is 0 Å². The van der Waals surface area contributed by atoms with Crippen molar-refractivity contribution < 1.29 is 24.2 Å². The number of nitrogens with one attached hydrogen (secondary N) is 1. The molecule has 49 heavy (non-hydrogen) atoms. The first-order chi connectivity index (χ1) is 23.5. The van der Waals surface area contributed by atoms with E-state index >= 15 is 0 Å². The quantitative estimate of drug-likeness (QED) is 0.137. The van der Waals surface area contributed by atoms with E-state index in [4.69, 9.17) is 9.72 Å². The smallest absolute Gasteiger partial charge is 0.308 e. The Bertz CT molecular complexity index is 1750. The molecule has 1 saturated heterocycles. The van der Waals surface area contributed by atoms with Crippen molar-refractivity contribution in [2.24, 2.45) is 5.92 Å². The minimum absolute atomic E-state index is 0.0561. The van der Waals surface area contributed by atoms with Crippen molar-refractivity contribution in [3.05, 3.63) is 89.6 Å². The predicted octanol–water partition coefficient (Wildman–Crippen LogP) is 7.22. The summed E-state index contributed by atoms with van der Waals surface area (Å²) >= 11 is 0. The Labute approximate surface area is 289 Å². The number of likely N-dealkylation sites (tertiary alicyclic amines) is 1. The molecule has 1 aliphatic heterocycles. The fourth-order valence-electron chi connectivity index (χ4n) is 6.11. The molecule has 2 heterocycles. The summed E-state index contributed by atoms with van der Waals surface area (Å²) in [7, 11) is 0. The van der Waals surface area contributed by atoms with Gasteiger partial charge in [0, 0.05) is 42.2 Å². The summed E-state index contributed by atoms with van der Waals surface area (Å²) in [6.07, 6.45) is 8.39. The lowest BCUT2D eigenvalue weighted by Crippen LogP contribution is -2.49. The molecule has 0 bridgehead atoms. The van der Waals surface area contributed by atoms with Crippen LogP contribution in [0.3, 0.4) is 0 Å². The molecular formula is C40H48N4O5. The number of hydrogen-bond donors (Lipinski definition) is 2. The number of benzene rings is 3. The Hall–Kier alpha value is -4.79. The minimum atomic E-state index is -0.914. The first kappa shape index (κ1) is 35.5. The highest BCUT2D eigenvalue weighted by atomic mass is 16.5. The average Bonchev–Trinajstić information content (AvgIpc) is 3.60. The van der Waals surface area contributed by atoms with Gasteiger partial charge in [-0.2, -0.15) is 0 Å². The minimum Gasteiger partial charge on any atom is -0.494 e. The maximum absolute atomic E-state index is 13.7. The van der Waals surface area contributed by atoms with Crippen molar-refractivity contribution in [3.8, 4) is 17.1 Å². The van der Waals surface area contributed by atoms with Gasteiger partial charge < -0.3 is 20.1 Å². The van der Waals surface area contributed by atoms with E-state index in [1.54, 1.807) is 23.2 Å². The predicted molar refractivity (Wildman–Crippen MR) is 192 cm³/mol. The normalized spacial score (nSPS) is 15.3. The molecule has 2 atom stereocenters. The lowest BCUT2D eigenvalue weighted by Gasteiger charge is -2.25. The molecule has 9 heteroatoms. The lowest BCUT2D eigenvalue weighted by atomic mass is 9.86. The van der Waals surface area contributed by atoms with E-state index in [1.165, 1.54) is 25.7 Å². The van der Waals surface area contributed by atoms with Crippen LogP contribution >= 0.6 is 0 Å². The third kappa shape index (κ3) is 9.43. The molecule has 5 rings (SSSR count). The molecule has 1 aliphatic rings. The van der Waals surface area contributed by atoms with Crippen molar-refractivity contribution in [2.45, 2.75) is 84.1 Å². The van der Waals surface area contributed by atoms with Crippen LogP contribution in [0.25, 0.3) is 22.3 Å². The number of fused-ring (bicyclic) bond motifs is 1. The highest BCUT2D eigenvalue weighted by Gasteiger charge is 2.35. The van der Waals surface area contributed by atoms with Gasteiger partial charge in [0.1, 0.15) is 11.8 Å². The molecule has 4 aromatic rings. The van der Waals surface area contributed by atoms with Crippen LogP contribution in [0.1, 0.15) is 87.7 Å². The number of aromatic nitrogens is 2. The molecule has 258 valence electrons. The van der Waals surface area contributed by atoms with Crippen LogP contribution in [0.5, 0.6) is 5.75 Å². The van der Waals surface area contributed by atoms with Crippen LogP contribution in [0.15, 0.2) is 72.9 Å². The van der Waals surface area contributed by atoms with Gasteiger partial charge >= 0.3 is 5.97 Å². The molecule has 0 aliphatic carbocycles. The summed E-state index contributed by atoms with van der Waals surface area (Å²) in [4.78, 5) is 49.6. The van der Waals surface area contributed by atoms with E-state index in [2.05, 4.69) is 38.0 Å². The van der Waals surface area contributed by atoms with Gasteiger partial charge in [0.25, 0.3) is 5.91 Å². The number of carbonyl (C=O) groups is 3. The molecule has 0 radical (unpaired) electrons. The summed E-state index contributed by atoms with van der Waals surface area (Å²) in [5.41, 5.74) is 3.99. The molecule has 1 fully saturated rings. The number of unbranched alkanes of at least 4 members (excludes halogenated alkanes) is 4. The Morgan fingerprint density at radius 1 is 0.980 bits per heavy atom. The van der Waals surface area contributed by atoms with Crippen LogP contribution in [0.4, 0.5) is 0 Å². The molecule has 0 unspecified atom stereocenters. The number of ether oxygens (including phenoxy) is 1. The van der Waals surface area contributed by atoms with E-state index in [9.17, 15) is 19.5 Å². The summed E-state index contributed by atoms with van der Waals surface area (Å²) in [5, 5.41) is 13.3. The Morgan fingerprint density at radius 2 is 1.71 bits per heavy atom. The fraction of sp³-hybridized carbons (Fsp3) is 0.425. The average molecular weight is 665 g/mol. The summed E-state index contributed by atoms with van der Waals surface area (Å²) in [6, 6.07) is 20.1. The number of carbonyl (C=O) groups excluding carboxylic acids is 2. The van der Waals surface area contributed by atoms with Gasteiger partial charge in [-0.05, 0) is 59.7 Å². The lowest BCUT2D eigenvalue weighted by molar-refractivity contribution is -0.141. The SMILES string of the molecule is CCCCCCCOc1ccc2nc(-c3ccc(C[C@H](NC(=O)c4ccc(C(C)(C)C)cc4)C(=O)N4CC[C@H](C(=O)O)C4)cc3)ncc2c1. The summed E-state index contributed by atoms with van der Waals surface area (Å²) in [6.45, 7) is 9.70. The van der Waals surface area contributed by atoms with Crippen LogP contribution in [-0.4, -0.2) is 63.5 Å². The second kappa shape index (κ2) is 16.1. The van der Waals surface area contributed by atoms with Gasteiger partial charge in [-0.3, -0.25) is 14.4 Å². The van der Waals surface area contributed by atoms with E-state index in [0.717, 1.165) is 39.8 Å². The number of nitrogens with zero attached hydrogens (tertiary/aromatic N) is 3. The van der Waals surface area contributed by atoms with E-state index < -0.39 is 17.9 Å².